The third-order valence-electron chi connectivity index (χ3n) is 8.45. The molecule has 2 aromatic rings. The number of aromatic hydroxyl groups is 1. The van der Waals surface area contributed by atoms with Gasteiger partial charge in [-0.25, -0.2) is 0 Å². The van der Waals surface area contributed by atoms with Crippen molar-refractivity contribution in [3.8, 4) is 5.75 Å². The zero-order chi connectivity index (χ0) is 26.1. The molecule has 1 aliphatic carbocycles. The normalized spacial score (nSPS) is 24.6. The molecule has 37 heavy (non-hydrogen) atoms. The number of carbonyl (C=O) groups is 2. The van der Waals surface area contributed by atoms with Crippen LogP contribution in [0.1, 0.15) is 67.1 Å². The summed E-state index contributed by atoms with van der Waals surface area (Å²) in [6.45, 7) is 8.61. The van der Waals surface area contributed by atoms with E-state index < -0.39 is 5.97 Å². The van der Waals surface area contributed by atoms with E-state index >= 15 is 0 Å². The van der Waals surface area contributed by atoms with Crippen LogP contribution >= 0.6 is 0 Å². The van der Waals surface area contributed by atoms with Crippen molar-refractivity contribution in [1.82, 2.24) is 14.7 Å². The largest absolute Gasteiger partial charge is 0.508 e. The summed E-state index contributed by atoms with van der Waals surface area (Å²) in [6.07, 6.45) is 3.69. The molecule has 0 bridgehead atoms. The smallest absolute Gasteiger partial charge is 0.306 e. The van der Waals surface area contributed by atoms with Gasteiger partial charge in [0, 0.05) is 50.4 Å². The lowest BCUT2D eigenvalue weighted by atomic mass is 9.92. The first-order valence-electron chi connectivity index (χ1n) is 13.7. The van der Waals surface area contributed by atoms with E-state index in [1.807, 2.05) is 30.3 Å². The maximum atomic E-state index is 13.4. The number of benzene rings is 2. The van der Waals surface area contributed by atoms with Crippen molar-refractivity contribution < 1.29 is 19.8 Å². The molecule has 3 fully saturated rings. The summed E-state index contributed by atoms with van der Waals surface area (Å²) in [5.74, 6) is -0.0948. The van der Waals surface area contributed by atoms with Crippen LogP contribution in [0.2, 0.25) is 0 Å². The lowest BCUT2D eigenvalue weighted by molar-refractivity contribution is -0.143. The van der Waals surface area contributed by atoms with Crippen LogP contribution in [-0.2, 0) is 4.79 Å². The molecule has 198 valence electrons. The van der Waals surface area contributed by atoms with Gasteiger partial charge in [-0.2, -0.15) is 0 Å². The second kappa shape index (κ2) is 10.8. The van der Waals surface area contributed by atoms with Gasteiger partial charge in [-0.3, -0.25) is 19.4 Å². The van der Waals surface area contributed by atoms with Gasteiger partial charge in [0.1, 0.15) is 5.75 Å². The molecule has 2 aliphatic heterocycles. The number of piperidine rings is 1. The van der Waals surface area contributed by atoms with Crippen LogP contribution in [-0.4, -0.2) is 81.6 Å². The van der Waals surface area contributed by atoms with Gasteiger partial charge in [0.25, 0.3) is 5.91 Å². The molecule has 0 aromatic heterocycles. The maximum absolute atomic E-state index is 13.4. The van der Waals surface area contributed by atoms with Gasteiger partial charge in [0.15, 0.2) is 0 Å². The number of carbonyl (C=O) groups excluding carboxylic acids is 1. The van der Waals surface area contributed by atoms with Gasteiger partial charge < -0.3 is 15.1 Å². The molecule has 3 aliphatic rings. The fourth-order valence-electron chi connectivity index (χ4n) is 6.10. The van der Waals surface area contributed by atoms with Crippen LogP contribution in [0.3, 0.4) is 0 Å². The minimum Gasteiger partial charge on any atom is -0.508 e. The average molecular weight is 506 g/mol. The zero-order valence-corrected chi connectivity index (χ0v) is 21.9. The van der Waals surface area contributed by atoms with Crippen molar-refractivity contribution in [3.63, 3.8) is 0 Å². The molecule has 2 heterocycles. The van der Waals surface area contributed by atoms with E-state index in [0.29, 0.717) is 43.6 Å². The Morgan fingerprint density at radius 1 is 0.919 bits per heavy atom. The fraction of sp³-hybridized carbons (Fsp3) is 0.533. The molecule has 7 heteroatoms. The van der Waals surface area contributed by atoms with Crippen LogP contribution in [0.15, 0.2) is 48.5 Å². The van der Waals surface area contributed by atoms with E-state index in [1.54, 1.807) is 11.0 Å². The lowest BCUT2D eigenvalue weighted by Gasteiger charge is -2.48. The Bertz CT molecular complexity index is 1130. The first-order valence-corrected chi connectivity index (χ1v) is 13.7. The highest BCUT2D eigenvalue weighted by Gasteiger charge is 2.37. The predicted octanol–water partition coefficient (Wildman–Crippen LogP) is 4.22. The Morgan fingerprint density at radius 3 is 2.24 bits per heavy atom. The molecular formula is C30H39N3O4. The lowest BCUT2D eigenvalue weighted by Crippen LogP contribution is -2.57. The number of phenols is 1. The molecule has 0 spiro atoms. The Kier molecular flexibility index (Phi) is 7.54. The van der Waals surface area contributed by atoms with E-state index in [-0.39, 0.29) is 23.6 Å². The predicted molar refractivity (Wildman–Crippen MR) is 143 cm³/mol. The standard InChI is InChI=1S/C30H39N3O4/c1-20-18-33(21(2)17-32(20)19-22-9-10-22)28(25-6-4-8-27(34)16-25)24-5-3-7-26(15-24)29(35)31-13-11-23(12-14-31)30(36)37/h3-8,15-16,20-23,28,34H,9-14,17-19H2,1-2H3,(H,36,37)/t20-,21+,28-/m1/s1. The second-order valence-corrected chi connectivity index (χ2v) is 11.3. The molecule has 5 rings (SSSR count). The van der Waals surface area contributed by atoms with Crippen LogP contribution in [0.4, 0.5) is 0 Å². The first-order chi connectivity index (χ1) is 17.8. The second-order valence-electron chi connectivity index (χ2n) is 11.3. The van der Waals surface area contributed by atoms with E-state index in [0.717, 1.165) is 30.1 Å². The number of likely N-dealkylation sites (tertiary alicyclic amines) is 1. The summed E-state index contributed by atoms with van der Waals surface area (Å²) < 4.78 is 0. The average Bonchev–Trinajstić information content (AvgIpc) is 3.71. The van der Waals surface area contributed by atoms with Crippen molar-refractivity contribution in [2.45, 2.75) is 57.7 Å². The van der Waals surface area contributed by atoms with E-state index in [1.165, 1.54) is 19.4 Å². The van der Waals surface area contributed by atoms with Crippen molar-refractivity contribution >= 4 is 11.9 Å². The van der Waals surface area contributed by atoms with Crippen LogP contribution in [0.25, 0.3) is 0 Å². The van der Waals surface area contributed by atoms with Gasteiger partial charge in [0.2, 0.25) is 0 Å². The highest BCUT2D eigenvalue weighted by Crippen LogP contribution is 2.37. The van der Waals surface area contributed by atoms with Gasteiger partial charge >= 0.3 is 5.97 Å². The quantitative estimate of drug-likeness (QED) is 0.586. The Hall–Kier alpha value is -2.90. The van der Waals surface area contributed by atoms with Crippen molar-refractivity contribution in [2.75, 3.05) is 32.7 Å². The Morgan fingerprint density at radius 2 is 1.59 bits per heavy atom. The third-order valence-corrected chi connectivity index (χ3v) is 8.45. The number of phenolic OH excluding ortho intramolecular Hbond substituents is 1. The topological polar surface area (TPSA) is 84.3 Å². The van der Waals surface area contributed by atoms with Crippen molar-refractivity contribution in [3.05, 3.63) is 65.2 Å². The monoisotopic (exact) mass is 505 g/mol. The molecular weight excluding hydrogens is 466 g/mol. The molecule has 1 saturated carbocycles. The number of rotatable bonds is 7. The highest BCUT2D eigenvalue weighted by atomic mass is 16.4. The van der Waals surface area contributed by atoms with Gasteiger partial charge in [-0.05, 0) is 80.8 Å². The van der Waals surface area contributed by atoms with Gasteiger partial charge in [-0.15, -0.1) is 0 Å². The molecule has 2 N–H and O–H groups in total. The summed E-state index contributed by atoms with van der Waals surface area (Å²) in [5, 5.41) is 19.6. The van der Waals surface area contributed by atoms with E-state index in [2.05, 4.69) is 35.8 Å². The summed E-state index contributed by atoms with van der Waals surface area (Å²) in [6, 6.07) is 16.0. The van der Waals surface area contributed by atoms with E-state index in [4.69, 9.17) is 0 Å². The number of amides is 1. The number of hydrogen-bond donors (Lipinski definition) is 2. The number of nitrogens with zero attached hydrogens (tertiary/aromatic N) is 3. The minimum absolute atomic E-state index is 0.0454. The highest BCUT2D eigenvalue weighted by molar-refractivity contribution is 5.94. The third kappa shape index (κ3) is 5.83. The van der Waals surface area contributed by atoms with Crippen LogP contribution < -0.4 is 0 Å². The van der Waals surface area contributed by atoms with Crippen LogP contribution in [0, 0.1) is 11.8 Å². The summed E-state index contributed by atoms with van der Waals surface area (Å²) >= 11 is 0. The van der Waals surface area contributed by atoms with E-state index in [9.17, 15) is 19.8 Å². The fourth-order valence-corrected chi connectivity index (χ4v) is 6.10. The molecule has 0 radical (unpaired) electrons. The molecule has 7 nitrogen and oxygen atoms in total. The number of carboxylic acids is 1. The number of carboxylic acid groups (broad SMARTS) is 1. The zero-order valence-electron chi connectivity index (χ0n) is 21.9. The van der Waals surface area contributed by atoms with Crippen molar-refractivity contribution in [2.24, 2.45) is 11.8 Å². The molecule has 0 unspecified atom stereocenters. The molecule has 2 saturated heterocycles. The number of piperazine rings is 1. The Balaban J connectivity index is 1.41. The maximum Gasteiger partial charge on any atom is 0.306 e. The first kappa shape index (κ1) is 25.7. The van der Waals surface area contributed by atoms with Crippen LogP contribution in [0.5, 0.6) is 5.75 Å². The molecule has 2 aromatic carbocycles. The molecule has 3 atom stereocenters. The van der Waals surface area contributed by atoms with Crippen molar-refractivity contribution in [1.29, 1.82) is 0 Å². The van der Waals surface area contributed by atoms with Gasteiger partial charge in [-0.1, -0.05) is 24.3 Å². The minimum atomic E-state index is -0.774. The SMILES string of the molecule is C[C@@H]1CN([C@@H](c2cccc(O)c2)c2cccc(C(=O)N3CCC(C(=O)O)CC3)c2)[C@@H](C)CN1CC1CC1. The Labute approximate surface area is 219 Å². The number of aliphatic carboxylic acids is 1. The molecule has 1 amide bonds. The van der Waals surface area contributed by atoms with Gasteiger partial charge in [0.05, 0.1) is 12.0 Å². The summed E-state index contributed by atoms with van der Waals surface area (Å²) in [7, 11) is 0. The number of hydrogen-bond acceptors (Lipinski definition) is 5. The summed E-state index contributed by atoms with van der Waals surface area (Å²) in [4.78, 5) is 31.7. The summed E-state index contributed by atoms with van der Waals surface area (Å²) in [5.41, 5.74) is 2.68.